The summed E-state index contributed by atoms with van der Waals surface area (Å²) < 4.78 is 156. The molecule has 2 aliphatic rings. The van der Waals surface area contributed by atoms with Gasteiger partial charge in [0.25, 0.3) is 0 Å². The topological polar surface area (TPSA) is 50.4 Å². The molecule has 0 spiro atoms. The molecule has 4 rings (SSSR count). The molecule has 2 aromatic carbocycles. The molecule has 4 nitrogen and oxygen atoms in total. The Morgan fingerprint density at radius 1 is 1.02 bits per heavy atom. The van der Waals surface area contributed by atoms with Crippen LogP contribution in [0, 0.1) is 5.82 Å². The van der Waals surface area contributed by atoms with E-state index in [9.17, 15) is 48.7 Å². The van der Waals surface area contributed by atoms with Crippen molar-refractivity contribution in [2.24, 2.45) is 0 Å². The number of amides is 2. The van der Waals surface area contributed by atoms with Gasteiger partial charge in [-0.3, -0.25) is 4.74 Å². The van der Waals surface area contributed by atoms with Crippen molar-refractivity contribution in [1.29, 1.82) is 0 Å². The van der Waals surface area contributed by atoms with E-state index in [4.69, 9.17) is 0 Å². The maximum Gasteiger partial charge on any atom is 0.419 e. The number of urea groups is 1. The van der Waals surface area contributed by atoms with Crippen molar-refractivity contribution in [1.82, 2.24) is 10.6 Å². The van der Waals surface area contributed by atoms with Crippen LogP contribution >= 0.6 is 0 Å². The van der Waals surface area contributed by atoms with E-state index in [0.717, 1.165) is 18.2 Å². The molecule has 0 bridgehead atoms. The largest absolute Gasteiger partial charge is 0.419 e. The van der Waals surface area contributed by atoms with Gasteiger partial charge in [0.2, 0.25) is 11.8 Å². The Kier molecular flexibility index (Phi) is 9.11. The van der Waals surface area contributed by atoms with Crippen LogP contribution in [0.2, 0.25) is 0 Å². The van der Waals surface area contributed by atoms with Crippen LogP contribution in [0.15, 0.2) is 72.3 Å². The summed E-state index contributed by atoms with van der Waals surface area (Å²) in [6.45, 7) is 0. The number of alkyl halides is 10. The molecular weight excluding hydrogens is 617 g/mol. The first kappa shape index (κ1) is 33.3. The predicted molar refractivity (Wildman–Crippen MR) is 135 cm³/mol. The van der Waals surface area contributed by atoms with Gasteiger partial charge in [-0.05, 0) is 41.3 Å². The van der Waals surface area contributed by atoms with Gasteiger partial charge in [-0.1, -0.05) is 48.6 Å². The third-order valence-electron chi connectivity index (χ3n) is 7.32. The lowest BCUT2D eigenvalue weighted by molar-refractivity contribution is -0.358. The van der Waals surface area contributed by atoms with Crippen LogP contribution in [-0.4, -0.2) is 36.4 Å². The zero-order valence-corrected chi connectivity index (χ0v) is 22.5. The maximum atomic E-state index is 15.7. The normalized spacial score (nSPS) is 23.3. The average Bonchev–Trinajstić information content (AvgIpc) is 3.25. The quantitative estimate of drug-likeness (QED) is 0.271. The van der Waals surface area contributed by atoms with E-state index in [1.807, 2.05) is 0 Å². The number of ether oxygens (including phenoxy) is 1. The monoisotopic (exact) mass is 642 g/mol. The summed E-state index contributed by atoms with van der Waals surface area (Å²) in [5.74, 6) is -8.45. The maximum absolute atomic E-state index is 15.7. The lowest BCUT2D eigenvalue weighted by Gasteiger charge is -2.42. The average molecular weight is 643 g/mol. The number of hydrogen-bond donors (Lipinski definition) is 2. The van der Waals surface area contributed by atoms with E-state index in [-0.39, 0.29) is 12.0 Å². The molecule has 1 fully saturated rings. The Bertz CT molecular complexity index is 1410. The number of carbonyl (C=O) groups excluding carboxylic acids is 1. The first-order chi connectivity index (χ1) is 20.3. The minimum atomic E-state index is -5.29. The third kappa shape index (κ3) is 7.53. The highest BCUT2D eigenvalue weighted by atomic mass is 19.4. The van der Waals surface area contributed by atoms with Crippen molar-refractivity contribution < 1.29 is 57.8 Å². The number of nitrogens with one attached hydrogen (secondary N) is 2. The minimum absolute atomic E-state index is 0.156. The number of hydrogen-bond acceptors (Lipinski definition) is 2. The van der Waals surface area contributed by atoms with Crippen LogP contribution in [0.25, 0.3) is 0 Å². The van der Waals surface area contributed by atoms with Crippen molar-refractivity contribution in [3.63, 3.8) is 0 Å². The Labute approximate surface area is 243 Å². The summed E-state index contributed by atoms with van der Waals surface area (Å²) in [4.78, 5) is 13.3. The lowest BCUT2D eigenvalue weighted by atomic mass is 9.73. The molecule has 0 aliphatic heterocycles. The number of rotatable bonds is 9. The molecule has 44 heavy (non-hydrogen) atoms. The van der Waals surface area contributed by atoms with Crippen molar-refractivity contribution in [2.75, 3.05) is 0 Å². The highest BCUT2D eigenvalue weighted by Gasteiger charge is 2.53. The molecule has 15 heteroatoms. The molecule has 2 amide bonds. The van der Waals surface area contributed by atoms with Crippen LogP contribution in [0.1, 0.15) is 42.4 Å². The van der Waals surface area contributed by atoms with Crippen LogP contribution in [0.3, 0.4) is 0 Å². The predicted octanol–water partition coefficient (Wildman–Crippen LogP) is 8.20. The number of allylic oxidation sites excluding steroid dienone is 2. The highest BCUT2D eigenvalue weighted by Crippen LogP contribution is 2.45. The molecule has 0 radical (unpaired) electrons. The van der Waals surface area contributed by atoms with Crippen LogP contribution in [0.4, 0.5) is 53.1 Å². The van der Waals surface area contributed by atoms with Gasteiger partial charge in [-0.25, -0.2) is 31.1 Å². The fourth-order valence-electron chi connectivity index (χ4n) is 5.32. The molecule has 240 valence electrons. The van der Waals surface area contributed by atoms with E-state index in [0.29, 0.717) is 18.2 Å². The third-order valence-corrected chi connectivity index (χ3v) is 7.32. The molecule has 3 atom stereocenters. The molecular formula is C29H25F11N2O2. The first-order valence-corrected chi connectivity index (χ1v) is 13.2. The Morgan fingerprint density at radius 3 is 2.30 bits per heavy atom. The van der Waals surface area contributed by atoms with Gasteiger partial charge < -0.3 is 10.6 Å². The highest BCUT2D eigenvalue weighted by molar-refractivity contribution is 5.76. The van der Waals surface area contributed by atoms with Gasteiger partial charge in [0.05, 0.1) is 11.1 Å². The standard InChI is InChI=1S/C29H25F11N2O2/c30-22-9-8-18(13-21(22)28(36,37)38)27(14-17-5-2-1-3-6-17,42-24(43)41-20-10-12-25(33,34)16-20)19-7-4-11-26(35,15-19)44-29(39,40)23(31)32/h1-9,11,13,20,23H,10,12,14-16H2,(H2,41,42,43)/t20-,26?,27-/m0/s1. The van der Waals surface area contributed by atoms with Crippen LogP contribution in [-0.2, 0) is 22.9 Å². The van der Waals surface area contributed by atoms with E-state index in [1.165, 1.54) is 24.3 Å². The minimum Gasteiger partial charge on any atom is -0.335 e. The van der Waals surface area contributed by atoms with Crippen LogP contribution < -0.4 is 10.6 Å². The smallest absolute Gasteiger partial charge is 0.335 e. The van der Waals surface area contributed by atoms with Crippen LogP contribution in [0.5, 0.6) is 0 Å². The fourth-order valence-corrected chi connectivity index (χ4v) is 5.32. The molecule has 0 saturated heterocycles. The first-order valence-electron chi connectivity index (χ1n) is 13.2. The van der Waals surface area contributed by atoms with Gasteiger partial charge in [0.1, 0.15) is 5.82 Å². The zero-order valence-electron chi connectivity index (χ0n) is 22.5. The summed E-state index contributed by atoms with van der Waals surface area (Å²) >= 11 is 0. The van der Waals surface area contributed by atoms with Crippen molar-refractivity contribution in [3.05, 3.63) is 94.8 Å². The van der Waals surface area contributed by atoms with E-state index >= 15 is 4.39 Å². The summed E-state index contributed by atoms with van der Waals surface area (Å²) in [7, 11) is 0. The molecule has 0 heterocycles. The number of benzene rings is 2. The van der Waals surface area contributed by atoms with Gasteiger partial charge in [0, 0.05) is 31.7 Å². The fraction of sp³-hybridized carbons (Fsp3) is 0.414. The summed E-state index contributed by atoms with van der Waals surface area (Å²) in [5.41, 5.74) is -4.76. The molecule has 2 aromatic rings. The summed E-state index contributed by atoms with van der Waals surface area (Å²) in [5, 5.41) is 4.69. The van der Waals surface area contributed by atoms with E-state index in [2.05, 4.69) is 15.4 Å². The van der Waals surface area contributed by atoms with E-state index in [1.54, 1.807) is 6.07 Å². The summed E-state index contributed by atoms with van der Waals surface area (Å²) in [6.07, 6.45) is -16.1. The second-order valence-electron chi connectivity index (χ2n) is 10.6. The lowest BCUT2D eigenvalue weighted by Crippen LogP contribution is -2.55. The van der Waals surface area contributed by atoms with Crippen molar-refractivity contribution in [2.45, 2.75) is 74.2 Å². The second kappa shape index (κ2) is 12.1. The van der Waals surface area contributed by atoms with Gasteiger partial charge in [-0.15, -0.1) is 0 Å². The Balaban J connectivity index is 1.86. The molecule has 1 saturated carbocycles. The summed E-state index contributed by atoms with van der Waals surface area (Å²) in [6, 6.07) is 6.82. The molecule has 0 aromatic heterocycles. The SMILES string of the molecule is O=C(N[C@H]1CCC(F)(F)C1)N[C@](Cc1ccccc1)(C1=CC=CC(F)(OC(F)(F)C(F)F)C1)c1ccc(F)c(C(F)(F)F)c1. The van der Waals surface area contributed by atoms with Crippen molar-refractivity contribution in [3.8, 4) is 0 Å². The van der Waals surface area contributed by atoms with Crippen molar-refractivity contribution >= 4 is 6.03 Å². The van der Waals surface area contributed by atoms with Gasteiger partial charge in [0.15, 0.2) is 0 Å². The van der Waals surface area contributed by atoms with Gasteiger partial charge >= 0.3 is 24.7 Å². The number of halogens is 11. The zero-order chi connectivity index (χ0) is 32.6. The number of carbonyl (C=O) groups is 1. The molecule has 2 N–H and O–H groups in total. The van der Waals surface area contributed by atoms with Gasteiger partial charge in [-0.2, -0.15) is 22.0 Å². The Hall–Kier alpha value is -3.62. The van der Waals surface area contributed by atoms with E-state index < -0.39 is 96.3 Å². The molecule has 1 unspecified atom stereocenters. The second-order valence-corrected chi connectivity index (χ2v) is 10.6. The molecule has 2 aliphatic carbocycles. The Morgan fingerprint density at radius 2 is 1.70 bits per heavy atom.